The molecule has 0 rings (SSSR count). The molecule has 0 saturated heterocycles. The van der Waals surface area contributed by atoms with Crippen molar-refractivity contribution in [2.45, 2.75) is 40.5 Å². The molecule has 0 N–H and O–H groups in total. The molecule has 0 aromatic heterocycles. The quantitative estimate of drug-likeness (QED) is 0.513. The predicted octanol–water partition coefficient (Wildman–Crippen LogP) is 2.35. The van der Waals surface area contributed by atoms with Gasteiger partial charge in [-0.25, -0.2) is 0 Å². The zero-order valence-electron chi connectivity index (χ0n) is 9.05. The first kappa shape index (κ1) is 15.8. The zero-order valence-corrected chi connectivity index (χ0v) is 10.6. The summed E-state index contributed by atoms with van der Waals surface area (Å²) in [5, 5.41) is 0. The number of Topliss-reactive ketones (excluding diaryl/α,β-unsaturated/α-hetero) is 1. The number of hydrogen-bond donors (Lipinski definition) is 0. The van der Waals surface area contributed by atoms with Gasteiger partial charge >= 0.3 is 66.5 Å². The molecule has 0 aromatic carbocycles. The number of ketones is 1. The van der Waals surface area contributed by atoms with Crippen molar-refractivity contribution in [3.63, 3.8) is 0 Å². The Balaban J connectivity index is 0. The summed E-state index contributed by atoms with van der Waals surface area (Å²) in [5.74, 6) is 0.167. The maximum absolute atomic E-state index is 9.44. The van der Waals surface area contributed by atoms with Gasteiger partial charge in [0.1, 0.15) is 5.78 Å². The molecule has 0 aliphatic rings. The minimum absolute atomic E-state index is 0.167. The van der Waals surface area contributed by atoms with Gasteiger partial charge in [-0.15, -0.1) is 0 Å². The Bertz CT molecular complexity index is 97.0. The van der Waals surface area contributed by atoms with Crippen molar-refractivity contribution >= 4 is 5.78 Å². The average molecular weight is 224 g/mol. The summed E-state index contributed by atoms with van der Waals surface area (Å²) in [6.45, 7) is 8.99. The summed E-state index contributed by atoms with van der Waals surface area (Å²) >= 11 is -0.504. The molecule has 78 valence electrons. The predicted molar refractivity (Wildman–Crippen MR) is 48.8 cm³/mol. The van der Waals surface area contributed by atoms with Gasteiger partial charge in [-0.05, 0) is 13.8 Å². The van der Waals surface area contributed by atoms with Gasteiger partial charge < -0.3 is 4.79 Å². The van der Waals surface area contributed by atoms with E-state index in [0.29, 0.717) is 0 Å². The molecule has 0 bridgehead atoms. The van der Waals surface area contributed by atoms with Gasteiger partial charge in [-0.2, -0.15) is 0 Å². The summed E-state index contributed by atoms with van der Waals surface area (Å²) in [6, 6.07) is 0. The molecule has 0 radical (unpaired) electrons. The molecule has 0 unspecified atom stereocenters. The first-order valence-corrected chi connectivity index (χ1v) is 5.88. The third-order valence-electron chi connectivity index (χ3n) is 0.730. The van der Waals surface area contributed by atoms with E-state index in [9.17, 15) is 4.79 Å². The molecule has 0 spiro atoms. The van der Waals surface area contributed by atoms with E-state index in [1.54, 1.807) is 0 Å². The van der Waals surface area contributed by atoms with Gasteiger partial charge in [0.05, 0.1) is 0 Å². The summed E-state index contributed by atoms with van der Waals surface area (Å²) in [6.07, 6.45) is 2.19. The van der Waals surface area contributed by atoms with Crippen LogP contribution >= 0.6 is 0 Å². The molecule has 13 heavy (non-hydrogen) atoms. The normalized spacial score (nSPS) is 8.62. The van der Waals surface area contributed by atoms with E-state index in [-0.39, 0.29) is 5.78 Å². The first-order chi connectivity index (χ1) is 6.15. The minimum atomic E-state index is -0.504. The third-order valence-corrected chi connectivity index (χ3v) is 1.74. The first-order valence-electron chi connectivity index (χ1n) is 4.60. The van der Waals surface area contributed by atoms with Crippen LogP contribution < -0.4 is 0 Å². The molecule has 0 fully saturated rings. The van der Waals surface area contributed by atoms with Gasteiger partial charge in [0.2, 0.25) is 0 Å². The van der Waals surface area contributed by atoms with Gasteiger partial charge in [-0.3, -0.25) is 0 Å². The number of carbonyl (C=O) groups excluding carboxylic acids is 1. The van der Waals surface area contributed by atoms with E-state index in [4.69, 9.17) is 6.64 Å². The van der Waals surface area contributed by atoms with Crippen LogP contribution in [0.4, 0.5) is 0 Å². The second kappa shape index (κ2) is 14.8. The molecule has 0 aromatic rings. The van der Waals surface area contributed by atoms with Gasteiger partial charge in [0.15, 0.2) is 0 Å². The van der Waals surface area contributed by atoms with E-state index in [0.717, 1.165) is 26.1 Å². The molecule has 3 nitrogen and oxygen atoms in total. The van der Waals surface area contributed by atoms with Crippen LogP contribution in [0.15, 0.2) is 0 Å². The Morgan fingerprint density at radius 3 is 1.62 bits per heavy atom. The Labute approximate surface area is 91.1 Å². The Hall–Kier alpha value is 0.304. The van der Waals surface area contributed by atoms with Crippen molar-refractivity contribution in [1.29, 1.82) is 0 Å². The topological polar surface area (TPSA) is 35.5 Å². The molecule has 0 heterocycles. The standard InChI is InChI=1S/C3H6O.2C3H7O.Ti/c1-3(2)4;2*1-2-3-4;/h1-2H3;2*2-3H2,1H3;/q;2*-1;+2. The molecule has 0 amide bonds. The number of rotatable bonds is 6. The fourth-order valence-corrected chi connectivity index (χ4v) is 1.36. The van der Waals surface area contributed by atoms with E-state index in [1.807, 2.05) is 0 Å². The van der Waals surface area contributed by atoms with Gasteiger partial charge in [-0.1, -0.05) is 0 Å². The molecular weight excluding hydrogens is 204 g/mol. The van der Waals surface area contributed by atoms with Crippen LogP contribution in [0.5, 0.6) is 0 Å². The maximum atomic E-state index is 9.44. The molecule has 0 atom stereocenters. The van der Waals surface area contributed by atoms with E-state index >= 15 is 0 Å². The number of hydrogen-bond acceptors (Lipinski definition) is 3. The molecule has 4 heteroatoms. The van der Waals surface area contributed by atoms with Crippen molar-refractivity contribution in [2.75, 3.05) is 13.2 Å². The molecule has 0 saturated carbocycles. The summed E-state index contributed by atoms with van der Waals surface area (Å²) in [5.41, 5.74) is 0. The fourth-order valence-electron chi connectivity index (χ4n) is 0.329. The van der Waals surface area contributed by atoms with Crippen molar-refractivity contribution in [3.05, 3.63) is 0 Å². The fraction of sp³-hybridized carbons (Fsp3) is 0.889. The van der Waals surface area contributed by atoms with Crippen LogP contribution in [-0.2, 0) is 31.4 Å². The van der Waals surface area contributed by atoms with Crippen molar-refractivity contribution in [3.8, 4) is 0 Å². The molecular formula is C9H20O3Ti. The average Bonchev–Trinajstić information content (AvgIpc) is 2.03. The van der Waals surface area contributed by atoms with Crippen LogP contribution in [0.25, 0.3) is 0 Å². The van der Waals surface area contributed by atoms with Crippen molar-refractivity contribution < 1.29 is 31.4 Å². The third kappa shape index (κ3) is 32.9. The number of carbonyl (C=O) groups is 1. The second-order valence-corrected chi connectivity index (χ2v) is 3.85. The molecule has 0 aliphatic carbocycles. The Kier molecular flexibility index (Phi) is 18.0. The van der Waals surface area contributed by atoms with Crippen molar-refractivity contribution in [1.82, 2.24) is 0 Å². The summed E-state index contributed by atoms with van der Waals surface area (Å²) in [4.78, 5) is 9.44. The van der Waals surface area contributed by atoms with E-state index in [1.165, 1.54) is 13.8 Å². The Morgan fingerprint density at radius 1 is 1.08 bits per heavy atom. The van der Waals surface area contributed by atoms with Crippen LogP contribution in [-0.4, -0.2) is 19.0 Å². The van der Waals surface area contributed by atoms with Gasteiger partial charge in [0, 0.05) is 0 Å². The SMILES string of the molecule is CC(C)=O.CCC[O][Ti][O]CCC. The Morgan fingerprint density at radius 2 is 1.38 bits per heavy atom. The van der Waals surface area contributed by atoms with Gasteiger partial charge in [0.25, 0.3) is 0 Å². The second-order valence-electron chi connectivity index (χ2n) is 2.69. The monoisotopic (exact) mass is 224 g/mol. The van der Waals surface area contributed by atoms with Crippen LogP contribution in [0.1, 0.15) is 40.5 Å². The van der Waals surface area contributed by atoms with Crippen LogP contribution in [0.3, 0.4) is 0 Å². The van der Waals surface area contributed by atoms with E-state index < -0.39 is 19.9 Å². The van der Waals surface area contributed by atoms with Crippen LogP contribution in [0.2, 0.25) is 0 Å². The van der Waals surface area contributed by atoms with E-state index in [2.05, 4.69) is 13.8 Å². The van der Waals surface area contributed by atoms with Crippen LogP contribution in [0, 0.1) is 0 Å². The summed E-state index contributed by atoms with van der Waals surface area (Å²) < 4.78 is 10.4. The molecule has 0 aliphatic heterocycles. The van der Waals surface area contributed by atoms with Crippen molar-refractivity contribution in [2.24, 2.45) is 0 Å². The zero-order chi connectivity index (χ0) is 10.5. The summed E-state index contributed by atoms with van der Waals surface area (Å²) in [7, 11) is 0.